The van der Waals surface area contributed by atoms with Gasteiger partial charge in [0.05, 0.1) is 6.10 Å². The summed E-state index contributed by atoms with van der Waals surface area (Å²) in [6.07, 6.45) is 4.88. The van der Waals surface area contributed by atoms with Gasteiger partial charge in [-0.1, -0.05) is 38.0 Å². The van der Waals surface area contributed by atoms with Crippen LogP contribution in [0.25, 0.3) is 0 Å². The van der Waals surface area contributed by atoms with Crippen molar-refractivity contribution < 1.29 is 17.9 Å². The number of aryl methyl sites for hydroxylation is 1. The monoisotopic (exact) mass is 484 g/mol. The lowest BCUT2D eigenvalue weighted by Gasteiger charge is -2.17. The van der Waals surface area contributed by atoms with Gasteiger partial charge in [-0.3, -0.25) is 0 Å². The summed E-state index contributed by atoms with van der Waals surface area (Å²) in [5.74, 6) is 0.574. The molecule has 8 heteroatoms. The topological polar surface area (TPSA) is 59.1 Å². The van der Waals surface area contributed by atoms with Crippen molar-refractivity contribution in [3.63, 3.8) is 0 Å². The van der Waals surface area contributed by atoms with Crippen LogP contribution in [0.2, 0.25) is 0 Å². The highest BCUT2D eigenvalue weighted by Gasteiger charge is 2.35. The van der Waals surface area contributed by atoms with Gasteiger partial charge < -0.3 is 15.4 Å². The Kier molecular flexibility index (Phi) is 8.10. The number of alkyl halides is 3. The van der Waals surface area contributed by atoms with Crippen LogP contribution in [0.5, 0.6) is 5.75 Å². The quantitative estimate of drug-likeness (QED) is 0.285. The van der Waals surface area contributed by atoms with Crippen LogP contribution in [0, 0.1) is 0 Å². The molecule has 0 radical (unpaired) electrons. The molecule has 0 bridgehead atoms. The molecular weight excluding hydrogens is 453 g/mol. The summed E-state index contributed by atoms with van der Waals surface area (Å²) in [6, 6.07) is 14.7. The molecule has 1 saturated carbocycles. The fourth-order valence-corrected chi connectivity index (χ4v) is 4.24. The molecule has 0 aliphatic heterocycles. The lowest BCUT2D eigenvalue weighted by molar-refractivity contribution is -0.137. The van der Waals surface area contributed by atoms with Gasteiger partial charge in [-0.15, -0.1) is 0 Å². The molecule has 3 aromatic rings. The summed E-state index contributed by atoms with van der Waals surface area (Å²) in [5.41, 5.74) is 1.33. The van der Waals surface area contributed by atoms with E-state index in [2.05, 4.69) is 27.5 Å². The van der Waals surface area contributed by atoms with E-state index in [1.54, 1.807) is 24.3 Å². The van der Waals surface area contributed by atoms with Crippen LogP contribution in [-0.4, -0.2) is 16.1 Å². The first-order valence-corrected chi connectivity index (χ1v) is 12.3. The molecule has 186 valence electrons. The van der Waals surface area contributed by atoms with Crippen molar-refractivity contribution in [2.24, 2.45) is 0 Å². The lowest BCUT2D eigenvalue weighted by atomic mass is 10.1. The van der Waals surface area contributed by atoms with E-state index < -0.39 is 11.7 Å². The van der Waals surface area contributed by atoms with E-state index in [1.165, 1.54) is 12.8 Å². The molecule has 1 aromatic heterocycles. The molecule has 1 fully saturated rings. The number of nitrogens with one attached hydrogen (secondary N) is 2. The smallest absolute Gasteiger partial charge is 0.421 e. The number of anilines is 4. The Morgan fingerprint density at radius 3 is 2.43 bits per heavy atom. The number of ether oxygens (including phenoxy) is 1. The highest BCUT2D eigenvalue weighted by molar-refractivity contribution is 5.65. The summed E-state index contributed by atoms with van der Waals surface area (Å²) >= 11 is 0. The van der Waals surface area contributed by atoms with Gasteiger partial charge in [-0.2, -0.15) is 18.2 Å². The third kappa shape index (κ3) is 6.87. The molecule has 1 aliphatic carbocycles. The van der Waals surface area contributed by atoms with E-state index in [9.17, 15) is 13.2 Å². The summed E-state index contributed by atoms with van der Waals surface area (Å²) in [6.45, 7) is 2.12. The molecule has 0 unspecified atom stereocenters. The van der Waals surface area contributed by atoms with Crippen LogP contribution in [0.4, 0.5) is 36.3 Å². The Morgan fingerprint density at radius 2 is 1.71 bits per heavy atom. The Labute approximate surface area is 204 Å². The predicted molar refractivity (Wildman–Crippen MR) is 133 cm³/mol. The van der Waals surface area contributed by atoms with Gasteiger partial charge in [0.25, 0.3) is 0 Å². The Morgan fingerprint density at radius 1 is 0.971 bits per heavy atom. The van der Waals surface area contributed by atoms with Gasteiger partial charge in [0.2, 0.25) is 5.95 Å². The fourth-order valence-electron chi connectivity index (χ4n) is 4.24. The normalized spacial score (nSPS) is 14.2. The first-order valence-electron chi connectivity index (χ1n) is 12.3. The van der Waals surface area contributed by atoms with Crippen LogP contribution in [0.1, 0.15) is 63.0 Å². The minimum Gasteiger partial charge on any atom is -0.490 e. The summed E-state index contributed by atoms with van der Waals surface area (Å²) < 4.78 is 47.1. The highest BCUT2D eigenvalue weighted by atomic mass is 19.4. The average molecular weight is 485 g/mol. The van der Waals surface area contributed by atoms with Crippen LogP contribution in [-0.2, 0) is 12.6 Å². The zero-order valence-corrected chi connectivity index (χ0v) is 19.9. The minimum absolute atomic E-state index is 0.0772. The molecule has 2 aromatic carbocycles. The molecule has 5 nitrogen and oxygen atoms in total. The number of benzene rings is 2. The van der Waals surface area contributed by atoms with E-state index >= 15 is 0 Å². The largest absolute Gasteiger partial charge is 0.490 e. The Balaban J connectivity index is 1.52. The SMILES string of the molecule is CCCCCc1ccccc1Nc1nc(Nc2ccc(OC3CCCC3)cc2)ncc1C(F)(F)F. The third-order valence-corrected chi connectivity index (χ3v) is 6.13. The fraction of sp³-hybridized carbons (Fsp3) is 0.407. The maximum atomic E-state index is 13.7. The van der Waals surface area contributed by atoms with Gasteiger partial charge in [0, 0.05) is 17.6 Å². The van der Waals surface area contributed by atoms with E-state index in [0.717, 1.165) is 56.0 Å². The van der Waals surface area contributed by atoms with Crippen molar-refractivity contribution >= 4 is 23.1 Å². The lowest BCUT2D eigenvalue weighted by Crippen LogP contribution is -2.13. The second-order valence-electron chi connectivity index (χ2n) is 8.87. The molecule has 0 saturated heterocycles. The molecule has 0 spiro atoms. The molecular formula is C27H31F3N4O. The summed E-state index contributed by atoms with van der Waals surface area (Å²) in [5, 5.41) is 5.92. The van der Waals surface area contributed by atoms with E-state index in [1.807, 2.05) is 24.3 Å². The molecule has 1 heterocycles. The van der Waals surface area contributed by atoms with E-state index in [0.29, 0.717) is 11.4 Å². The number of nitrogens with zero attached hydrogens (tertiary/aromatic N) is 2. The van der Waals surface area contributed by atoms with E-state index in [-0.39, 0.29) is 17.9 Å². The summed E-state index contributed by atoms with van der Waals surface area (Å²) in [7, 11) is 0. The second kappa shape index (κ2) is 11.4. The molecule has 35 heavy (non-hydrogen) atoms. The number of rotatable bonds is 10. The van der Waals surface area contributed by atoms with Gasteiger partial charge >= 0.3 is 6.18 Å². The first kappa shape index (κ1) is 24.8. The molecule has 4 rings (SSSR count). The van der Waals surface area contributed by atoms with Gasteiger partial charge in [0.1, 0.15) is 17.1 Å². The van der Waals surface area contributed by atoms with Crippen LogP contribution >= 0.6 is 0 Å². The van der Waals surface area contributed by atoms with Crippen LogP contribution in [0.15, 0.2) is 54.7 Å². The molecule has 2 N–H and O–H groups in total. The number of hydrogen-bond acceptors (Lipinski definition) is 5. The standard InChI is InChI=1S/C27H31F3N4O/c1-2-3-4-9-19-10-5-8-13-24(19)33-25-23(27(28,29)30)18-31-26(34-25)32-20-14-16-22(17-15-20)35-21-11-6-7-12-21/h5,8,10,13-18,21H,2-4,6-7,9,11-12H2,1H3,(H2,31,32,33,34). The van der Waals surface area contributed by atoms with Crippen molar-refractivity contribution in [2.75, 3.05) is 10.6 Å². The maximum absolute atomic E-state index is 13.7. The van der Waals surface area contributed by atoms with Crippen molar-refractivity contribution in [2.45, 2.75) is 70.6 Å². The predicted octanol–water partition coefficient (Wildman–Crippen LogP) is 8.04. The number of unbranched alkanes of at least 4 members (excludes halogenated alkanes) is 2. The van der Waals surface area contributed by atoms with Gasteiger partial charge in [-0.05, 0) is 74.4 Å². The Hall–Kier alpha value is -3.29. The zero-order valence-electron chi connectivity index (χ0n) is 19.9. The summed E-state index contributed by atoms with van der Waals surface area (Å²) in [4.78, 5) is 8.11. The zero-order chi connectivity index (χ0) is 24.7. The van der Waals surface area contributed by atoms with Gasteiger partial charge in [-0.25, -0.2) is 4.98 Å². The van der Waals surface area contributed by atoms with E-state index in [4.69, 9.17) is 4.74 Å². The molecule has 0 atom stereocenters. The number of para-hydroxylation sites is 1. The minimum atomic E-state index is -4.59. The van der Waals surface area contributed by atoms with Crippen molar-refractivity contribution in [1.82, 2.24) is 9.97 Å². The van der Waals surface area contributed by atoms with Crippen molar-refractivity contribution in [3.05, 3.63) is 65.9 Å². The van der Waals surface area contributed by atoms with Crippen molar-refractivity contribution in [1.29, 1.82) is 0 Å². The number of halogens is 3. The van der Waals surface area contributed by atoms with Crippen molar-refractivity contribution in [3.8, 4) is 5.75 Å². The number of hydrogen-bond donors (Lipinski definition) is 2. The van der Waals surface area contributed by atoms with Crippen LogP contribution in [0.3, 0.4) is 0 Å². The van der Waals surface area contributed by atoms with Gasteiger partial charge in [0.15, 0.2) is 0 Å². The first-order chi connectivity index (χ1) is 16.9. The Bertz CT molecular complexity index is 1100. The highest BCUT2D eigenvalue weighted by Crippen LogP contribution is 2.36. The van der Waals surface area contributed by atoms with Crippen LogP contribution < -0.4 is 15.4 Å². The number of aromatic nitrogens is 2. The molecule has 0 amide bonds. The maximum Gasteiger partial charge on any atom is 0.421 e. The molecule has 1 aliphatic rings. The average Bonchev–Trinajstić information content (AvgIpc) is 3.34. The second-order valence-corrected chi connectivity index (χ2v) is 8.87. The third-order valence-electron chi connectivity index (χ3n) is 6.13.